The average molecular weight is 191 g/mol. The summed E-state index contributed by atoms with van der Waals surface area (Å²) < 4.78 is 9.74. The lowest BCUT2D eigenvalue weighted by atomic mass is 10.2. The number of carbonyl (C=O) groups is 1. The van der Waals surface area contributed by atoms with Crippen molar-refractivity contribution in [3.63, 3.8) is 0 Å². The molecule has 0 unspecified atom stereocenters. The van der Waals surface area contributed by atoms with E-state index < -0.39 is 17.7 Å². The molecule has 0 aromatic carbocycles. The second kappa shape index (κ2) is 5.16. The number of hydrogen-bond acceptors (Lipinski definition) is 5. The molecule has 2 N–H and O–H groups in total. The molecule has 0 aliphatic rings. The third kappa shape index (κ3) is 5.57. The molecule has 0 aliphatic carbocycles. The van der Waals surface area contributed by atoms with Crippen LogP contribution in [0, 0.1) is 0 Å². The summed E-state index contributed by atoms with van der Waals surface area (Å²) in [5.41, 5.74) is -0.540. The first-order valence-corrected chi connectivity index (χ1v) is 3.98. The van der Waals surface area contributed by atoms with Gasteiger partial charge in [-0.05, 0) is 20.8 Å². The van der Waals surface area contributed by atoms with Gasteiger partial charge in [0.25, 0.3) is 0 Å². The summed E-state index contributed by atoms with van der Waals surface area (Å²) in [6.45, 7) is 5.40. The van der Waals surface area contributed by atoms with E-state index in [-0.39, 0.29) is 6.61 Å². The fraction of sp³-hybridized carbons (Fsp3) is 0.875. The van der Waals surface area contributed by atoms with E-state index >= 15 is 0 Å². The second-order valence-corrected chi connectivity index (χ2v) is 3.61. The zero-order chi connectivity index (χ0) is 10.5. The first kappa shape index (κ1) is 12.3. The molecule has 0 amide bonds. The molecular weight excluding hydrogens is 174 g/mol. The van der Waals surface area contributed by atoms with E-state index in [1.54, 1.807) is 20.8 Å². The molecule has 0 heterocycles. The molecule has 0 aromatic rings. The lowest BCUT2D eigenvalue weighted by Crippen LogP contribution is -2.37. The second-order valence-electron chi connectivity index (χ2n) is 3.61. The Kier molecular flexibility index (Phi) is 4.90. The summed E-state index contributed by atoms with van der Waals surface area (Å²) in [6.07, 6.45) is -0.857. The molecule has 0 saturated heterocycles. The van der Waals surface area contributed by atoms with Crippen LogP contribution in [0.25, 0.3) is 0 Å². The predicted molar refractivity (Wildman–Crippen MR) is 46.8 cm³/mol. The van der Waals surface area contributed by atoms with E-state index in [1.807, 2.05) is 0 Å². The molecule has 0 bridgehead atoms. The highest BCUT2D eigenvalue weighted by atomic mass is 16.7. The van der Waals surface area contributed by atoms with Crippen LogP contribution in [0.5, 0.6) is 0 Å². The van der Waals surface area contributed by atoms with Crippen LogP contribution in [0.2, 0.25) is 0 Å². The number of esters is 1. The fourth-order valence-electron chi connectivity index (χ4n) is 0.682. The molecule has 0 aliphatic heterocycles. The Labute approximate surface area is 78.1 Å². The van der Waals surface area contributed by atoms with Crippen molar-refractivity contribution in [2.75, 3.05) is 13.7 Å². The Morgan fingerprint density at radius 3 is 2.31 bits per heavy atom. The normalized spacial score (nSPS) is 13.9. The van der Waals surface area contributed by atoms with Gasteiger partial charge in [0.1, 0.15) is 5.60 Å². The van der Waals surface area contributed by atoms with Crippen LogP contribution >= 0.6 is 0 Å². The summed E-state index contributed by atoms with van der Waals surface area (Å²) in [7, 11) is 1.45. The number of hydrogen-bond donors (Lipinski definition) is 1. The van der Waals surface area contributed by atoms with Gasteiger partial charge in [0, 0.05) is 7.11 Å². The summed E-state index contributed by atoms with van der Waals surface area (Å²) in [4.78, 5) is 15.7. The maximum Gasteiger partial charge on any atom is 0.340 e. The van der Waals surface area contributed by atoms with Crippen LogP contribution in [-0.2, 0) is 19.1 Å². The van der Waals surface area contributed by atoms with Crippen molar-refractivity contribution in [3.05, 3.63) is 0 Å². The van der Waals surface area contributed by atoms with E-state index in [2.05, 4.69) is 4.84 Å². The number of carbonyl (C=O) groups excluding carboxylic acids is 1. The van der Waals surface area contributed by atoms with Gasteiger partial charge in [-0.15, -0.1) is 0 Å². The van der Waals surface area contributed by atoms with Crippen LogP contribution in [-0.4, -0.2) is 31.4 Å². The van der Waals surface area contributed by atoms with E-state index in [9.17, 15) is 4.79 Å². The minimum absolute atomic E-state index is 0.0887. The molecule has 5 nitrogen and oxygen atoms in total. The molecule has 1 atom stereocenters. The van der Waals surface area contributed by atoms with Gasteiger partial charge in [-0.2, -0.15) is 0 Å². The molecule has 78 valence electrons. The summed E-state index contributed by atoms with van der Waals surface area (Å²) in [6, 6.07) is 0. The van der Waals surface area contributed by atoms with Crippen LogP contribution in [0.3, 0.4) is 0 Å². The van der Waals surface area contributed by atoms with Gasteiger partial charge in [-0.3, -0.25) is 4.84 Å². The quantitative estimate of drug-likeness (QED) is 0.509. The average Bonchev–Trinajstić information content (AvgIpc) is 1.96. The lowest BCUT2D eigenvalue weighted by molar-refractivity contribution is -0.172. The number of nitrogens with two attached hydrogens (primary N) is 1. The Morgan fingerprint density at radius 2 is 2.00 bits per heavy atom. The molecule has 5 heteroatoms. The zero-order valence-corrected chi connectivity index (χ0v) is 8.49. The van der Waals surface area contributed by atoms with Crippen molar-refractivity contribution in [1.29, 1.82) is 0 Å². The smallest absolute Gasteiger partial charge is 0.340 e. The summed E-state index contributed by atoms with van der Waals surface area (Å²) in [5.74, 6) is 4.38. The highest BCUT2D eigenvalue weighted by Gasteiger charge is 2.25. The first-order chi connectivity index (χ1) is 5.90. The Bertz CT molecular complexity index is 164. The van der Waals surface area contributed by atoms with Gasteiger partial charge in [-0.25, -0.2) is 10.7 Å². The molecule has 0 fully saturated rings. The lowest BCUT2D eigenvalue weighted by Gasteiger charge is -2.22. The van der Waals surface area contributed by atoms with Crippen molar-refractivity contribution in [1.82, 2.24) is 0 Å². The number of methoxy groups -OCH3 is 1. The number of rotatable bonds is 4. The van der Waals surface area contributed by atoms with E-state index in [0.717, 1.165) is 0 Å². The summed E-state index contributed by atoms with van der Waals surface area (Å²) >= 11 is 0. The van der Waals surface area contributed by atoms with Crippen LogP contribution in [0.4, 0.5) is 0 Å². The maximum atomic E-state index is 11.3. The first-order valence-electron chi connectivity index (χ1n) is 3.98. The largest absolute Gasteiger partial charge is 0.458 e. The van der Waals surface area contributed by atoms with Crippen molar-refractivity contribution in [2.45, 2.75) is 32.5 Å². The minimum atomic E-state index is -0.857. The highest BCUT2D eigenvalue weighted by Crippen LogP contribution is 2.09. The Hall–Kier alpha value is -0.650. The van der Waals surface area contributed by atoms with Gasteiger partial charge < -0.3 is 9.47 Å². The van der Waals surface area contributed by atoms with Crippen molar-refractivity contribution in [3.8, 4) is 0 Å². The Balaban J connectivity index is 4.06. The SMILES string of the molecule is COC[C@@H](ON)C(=O)OC(C)(C)C. The van der Waals surface area contributed by atoms with E-state index in [1.165, 1.54) is 7.11 Å². The monoisotopic (exact) mass is 191 g/mol. The molecule has 0 spiro atoms. The van der Waals surface area contributed by atoms with Gasteiger partial charge in [-0.1, -0.05) is 0 Å². The molecule has 0 saturated carbocycles. The molecular formula is C8H17NO4. The molecule has 13 heavy (non-hydrogen) atoms. The fourth-order valence-corrected chi connectivity index (χ4v) is 0.682. The third-order valence-corrected chi connectivity index (χ3v) is 1.15. The van der Waals surface area contributed by atoms with Gasteiger partial charge >= 0.3 is 5.97 Å². The number of ether oxygens (including phenoxy) is 2. The Morgan fingerprint density at radius 1 is 1.46 bits per heavy atom. The maximum absolute atomic E-state index is 11.3. The predicted octanol–water partition coefficient (Wildman–Crippen LogP) is 0.233. The van der Waals surface area contributed by atoms with Crippen LogP contribution < -0.4 is 5.90 Å². The van der Waals surface area contributed by atoms with Gasteiger partial charge in [0.2, 0.25) is 0 Å². The molecule has 0 radical (unpaired) electrons. The van der Waals surface area contributed by atoms with Crippen LogP contribution in [0.15, 0.2) is 0 Å². The van der Waals surface area contributed by atoms with E-state index in [4.69, 9.17) is 15.4 Å². The minimum Gasteiger partial charge on any atom is -0.458 e. The topological polar surface area (TPSA) is 70.8 Å². The van der Waals surface area contributed by atoms with E-state index in [0.29, 0.717) is 0 Å². The molecule has 0 rings (SSSR count). The summed E-state index contributed by atoms with van der Waals surface area (Å²) in [5, 5.41) is 0. The van der Waals surface area contributed by atoms with Crippen molar-refractivity contribution >= 4 is 5.97 Å². The third-order valence-electron chi connectivity index (χ3n) is 1.15. The highest BCUT2D eigenvalue weighted by molar-refractivity contribution is 5.75. The van der Waals surface area contributed by atoms with Gasteiger partial charge in [0.05, 0.1) is 6.61 Å². The molecule has 0 aromatic heterocycles. The zero-order valence-electron chi connectivity index (χ0n) is 8.49. The van der Waals surface area contributed by atoms with Crippen molar-refractivity contribution < 1.29 is 19.1 Å². The van der Waals surface area contributed by atoms with Crippen LogP contribution in [0.1, 0.15) is 20.8 Å². The van der Waals surface area contributed by atoms with Crippen molar-refractivity contribution in [2.24, 2.45) is 5.90 Å². The standard InChI is InChI=1S/C8H17NO4/c1-8(2,3)12-7(10)6(13-9)5-11-4/h6H,5,9H2,1-4H3/t6-/m1/s1. The van der Waals surface area contributed by atoms with Gasteiger partial charge in [0.15, 0.2) is 6.10 Å².